The summed E-state index contributed by atoms with van der Waals surface area (Å²) in [5.74, 6) is 0.0160. The zero-order valence-electron chi connectivity index (χ0n) is 7.88. The SMILES string of the molecule is CCc1cc(C(C)C=O)ccc1I. The van der Waals surface area contributed by atoms with E-state index < -0.39 is 0 Å². The number of rotatable bonds is 3. The van der Waals surface area contributed by atoms with Crippen LogP contribution < -0.4 is 0 Å². The summed E-state index contributed by atoms with van der Waals surface area (Å²) in [5, 5.41) is 0. The highest BCUT2D eigenvalue weighted by molar-refractivity contribution is 14.1. The summed E-state index contributed by atoms with van der Waals surface area (Å²) >= 11 is 2.32. The number of carbonyl (C=O) groups excluding carboxylic acids is 1. The molecular formula is C11H13IO. The quantitative estimate of drug-likeness (QED) is 0.617. The third-order valence-electron chi connectivity index (χ3n) is 2.18. The number of aldehydes is 1. The molecule has 0 fully saturated rings. The molecule has 0 radical (unpaired) electrons. The summed E-state index contributed by atoms with van der Waals surface area (Å²) in [4.78, 5) is 10.6. The van der Waals surface area contributed by atoms with Crippen LogP contribution in [0.3, 0.4) is 0 Å². The molecule has 0 aliphatic rings. The minimum Gasteiger partial charge on any atom is -0.303 e. The Morgan fingerprint density at radius 3 is 2.77 bits per heavy atom. The first-order valence-corrected chi connectivity index (χ1v) is 5.50. The van der Waals surface area contributed by atoms with Crippen LogP contribution in [0.1, 0.15) is 30.9 Å². The number of aryl methyl sites for hydroxylation is 1. The number of hydrogen-bond acceptors (Lipinski definition) is 1. The van der Waals surface area contributed by atoms with E-state index >= 15 is 0 Å². The van der Waals surface area contributed by atoms with Crippen molar-refractivity contribution in [1.82, 2.24) is 0 Å². The molecule has 70 valence electrons. The maximum atomic E-state index is 10.6. The van der Waals surface area contributed by atoms with Crippen LogP contribution in [0.5, 0.6) is 0 Å². The summed E-state index contributed by atoms with van der Waals surface area (Å²) < 4.78 is 1.28. The van der Waals surface area contributed by atoms with E-state index in [0.29, 0.717) is 0 Å². The first kappa shape index (κ1) is 10.7. The van der Waals surface area contributed by atoms with Crippen molar-refractivity contribution in [2.75, 3.05) is 0 Å². The first-order chi connectivity index (χ1) is 6.19. The summed E-state index contributed by atoms with van der Waals surface area (Å²) in [6, 6.07) is 6.23. The molecule has 0 bridgehead atoms. The van der Waals surface area contributed by atoms with Gasteiger partial charge in [0.1, 0.15) is 6.29 Å². The largest absolute Gasteiger partial charge is 0.303 e. The van der Waals surface area contributed by atoms with Crippen LogP contribution in [0, 0.1) is 3.57 Å². The Morgan fingerprint density at radius 2 is 2.23 bits per heavy atom. The topological polar surface area (TPSA) is 17.1 Å². The minimum atomic E-state index is 0.0160. The van der Waals surface area contributed by atoms with E-state index in [0.717, 1.165) is 18.3 Å². The highest BCUT2D eigenvalue weighted by Crippen LogP contribution is 2.19. The van der Waals surface area contributed by atoms with Gasteiger partial charge in [-0.1, -0.05) is 26.0 Å². The van der Waals surface area contributed by atoms with E-state index in [1.807, 2.05) is 13.0 Å². The Hall–Kier alpha value is -0.380. The summed E-state index contributed by atoms with van der Waals surface area (Å²) in [5.41, 5.74) is 2.44. The highest BCUT2D eigenvalue weighted by Gasteiger charge is 2.05. The van der Waals surface area contributed by atoms with Gasteiger partial charge in [0.05, 0.1) is 0 Å². The monoisotopic (exact) mass is 288 g/mol. The van der Waals surface area contributed by atoms with Crippen LogP contribution in [-0.4, -0.2) is 6.29 Å². The molecule has 0 aliphatic heterocycles. The molecule has 0 heterocycles. The first-order valence-electron chi connectivity index (χ1n) is 4.42. The number of benzene rings is 1. The molecule has 0 saturated carbocycles. The number of hydrogen-bond donors (Lipinski definition) is 0. The molecule has 1 unspecified atom stereocenters. The molecule has 1 atom stereocenters. The van der Waals surface area contributed by atoms with Crippen LogP contribution >= 0.6 is 22.6 Å². The van der Waals surface area contributed by atoms with Gasteiger partial charge in [-0.25, -0.2) is 0 Å². The Morgan fingerprint density at radius 1 is 1.54 bits per heavy atom. The van der Waals surface area contributed by atoms with E-state index in [4.69, 9.17) is 0 Å². The standard InChI is InChI=1S/C11H13IO/c1-3-9-6-10(8(2)7-13)4-5-11(9)12/h4-8H,3H2,1-2H3. The summed E-state index contributed by atoms with van der Waals surface area (Å²) in [7, 11) is 0. The lowest BCUT2D eigenvalue weighted by Gasteiger charge is -2.07. The van der Waals surface area contributed by atoms with Gasteiger partial charge in [0.25, 0.3) is 0 Å². The Labute approximate surface area is 92.7 Å². The van der Waals surface area contributed by atoms with Crippen molar-refractivity contribution < 1.29 is 4.79 Å². The van der Waals surface area contributed by atoms with E-state index in [1.54, 1.807) is 0 Å². The molecule has 1 rings (SSSR count). The van der Waals surface area contributed by atoms with Crippen LogP contribution in [0.4, 0.5) is 0 Å². The molecule has 0 aromatic heterocycles. The van der Waals surface area contributed by atoms with Gasteiger partial charge in [0, 0.05) is 9.49 Å². The average Bonchev–Trinajstić information content (AvgIpc) is 2.17. The normalized spacial score (nSPS) is 12.5. The van der Waals surface area contributed by atoms with Crippen molar-refractivity contribution in [3.8, 4) is 0 Å². The van der Waals surface area contributed by atoms with Crippen LogP contribution in [-0.2, 0) is 11.2 Å². The van der Waals surface area contributed by atoms with Crippen molar-refractivity contribution >= 4 is 28.9 Å². The van der Waals surface area contributed by atoms with Crippen LogP contribution in [0.15, 0.2) is 18.2 Å². The lowest BCUT2D eigenvalue weighted by Crippen LogP contribution is -1.96. The van der Waals surface area contributed by atoms with Crippen molar-refractivity contribution in [2.24, 2.45) is 0 Å². The Balaban J connectivity index is 3.05. The maximum absolute atomic E-state index is 10.6. The Bertz CT molecular complexity index is 307. The van der Waals surface area contributed by atoms with E-state index in [-0.39, 0.29) is 5.92 Å². The zero-order chi connectivity index (χ0) is 9.84. The fourth-order valence-corrected chi connectivity index (χ4v) is 1.94. The molecule has 13 heavy (non-hydrogen) atoms. The predicted octanol–water partition coefficient (Wildman–Crippen LogP) is 3.16. The molecule has 0 aliphatic carbocycles. The van der Waals surface area contributed by atoms with Gasteiger partial charge in [0.2, 0.25) is 0 Å². The summed E-state index contributed by atoms with van der Waals surface area (Å²) in [6.45, 7) is 4.06. The van der Waals surface area contributed by atoms with E-state index in [2.05, 4.69) is 41.6 Å². The van der Waals surface area contributed by atoms with Gasteiger partial charge in [-0.3, -0.25) is 0 Å². The molecule has 0 saturated heterocycles. The third kappa shape index (κ3) is 2.53. The van der Waals surface area contributed by atoms with Gasteiger partial charge in [0.15, 0.2) is 0 Å². The fourth-order valence-electron chi connectivity index (χ4n) is 1.23. The fraction of sp³-hybridized carbons (Fsp3) is 0.364. The molecule has 1 aromatic rings. The van der Waals surface area contributed by atoms with Crippen molar-refractivity contribution in [3.05, 3.63) is 32.9 Å². The second-order valence-corrected chi connectivity index (χ2v) is 4.29. The lowest BCUT2D eigenvalue weighted by atomic mass is 10.00. The molecular weight excluding hydrogens is 275 g/mol. The molecule has 1 nitrogen and oxygen atoms in total. The van der Waals surface area contributed by atoms with Crippen LogP contribution in [0.2, 0.25) is 0 Å². The molecule has 0 N–H and O–H groups in total. The minimum absolute atomic E-state index is 0.0160. The molecule has 2 heteroatoms. The van der Waals surface area contributed by atoms with Crippen LogP contribution in [0.25, 0.3) is 0 Å². The van der Waals surface area contributed by atoms with E-state index in [1.165, 1.54) is 9.13 Å². The second-order valence-electron chi connectivity index (χ2n) is 3.13. The van der Waals surface area contributed by atoms with Crippen molar-refractivity contribution in [2.45, 2.75) is 26.2 Å². The van der Waals surface area contributed by atoms with Gasteiger partial charge in [-0.05, 0) is 46.2 Å². The second kappa shape index (κ2) is 4.74. The van der Waals surface area contributed by atoms with Gasteiger partial charge >= 0.3 is 0 Å². The summed E-state index contributed by atoms with van der Waals surface area (Å²) in [6.07, 6.45) is 2.01. The van der Waals surface area contributed by atoms with Crippen molar-refractivity contribution in [3.63, 3.8) is 0 Å². The lowest BCUT2D eigenvalue weighted by molar-refractivity contribution is -0.108. The average molecular weight is 288 g/mol. The maximum Gasteiger partial charge on any atom is 0.127 e. The zero-order valence-corrected chi connectivity index (χ0v) is 10.0. The van der Waals surface area contributed by atoms with Gasteiger partial charge in [-0.2, -0.15) is 0 Å². The van der Waals surface area contributed by atoms with Gasteiger partial charge in [-0.15, -0.1) is 0 Å². The molecule has 1 aromatic carbocycles. The molecule has 0 amide bonds. The molecule has 0 spiro atoms. The van der Waals surface area contributed by atoms with Crippen molar-refractivity contribution in [1.29, 1.82) is 0 Å². The number of carbonyl (C=O) groups is 1. The highest BCUT2D eigenvalue weighted by atomic mass is 127. The number of halogens is 1. The Kier molecular flexibility index (Phi) is 3.90. The smallest absolute Gasteiger partial charge is 0.127 e. The predicted molar refractivity (Wildman–Crippen MR) is 63.0 cm³/mol. The van der Waals surface area contributed by atoms with E-state index in [9.17, 15) is 4.79 Å². The third-order valence-corrected chi connectivity index (χ3v) is 3.23. The van der Waals surface area contributed by atoms with Gasteiger partial charge < -0.3 is 4.79 Å².